The van der Waals surface area contributed by atoms with E-state index < -0.39 is 7.91 Å². The third-order valence-electron chi connectivity index (χ3n) is 11.3. The summed E-state index contributed by atoms with van der Waals surface area (Å²) in [5, 5.41) is 0. The van der Waals surface area contributed by atoms with Crippen LogP contribution in [0.5, 0.6) is 11.5 Å². The van der Waals surface area contributed by atoms with E-state index >= 15 is 4.20 Å². The number of halogens is 1. The predicted molar refractivity (Wildman–Crippen MR) is 238 cm³/mol. The molecule has 0 saturated heterocycles. The van der Waals surface area contributed by atoms with Gasteiger partial charge in [-0.2, -0.15) is 0 Å². The maximum atomic E-state index is 16.2. The van der Waals surface area contributed by atoms with Gasteiger partial charge in [-0.05, 0) is 105 Å². The van der Waals surface area contributed by atoms with Gasteiger partial charge in [-0.3, -0.25) is 0 Å². The van der Waals surface area contributed by atoms with Crippen LogP contribution in [0, 0.1) is 0 Å². The zero-order chi connectivity index (χ0) is 40.2. The molecule has 8 aromatic carbocycles. The second-order valence-corrected chi connectivity index (χ2v) is 16.6. The normalized spacial score (nSPS) is 15.8. The molecule has 5 heteroatoms. The number of hydrogen-bond donors (Lipinski definition) is 0. The fraction of sp³-hybridized carbons (Fsp3) is 0.111. The molecule has 0 aliphatic carbocycles. The lowest BCUT2D eigenvalue weighted by molar-refractivity contribution is 0.331. The minimum Gasteiger partial charge on any atom is -0.392 e. The molecule has 0 amide bonds. The predicted octanol–water partition coefficient (Wildman–Crippen LogP) is 14.4. The van der Waals surface area contributed by atoms with Crippen LogP contribution in [0.25, 0.3) is 22.3 Å². The Labute approximate surface area is 346 Å². The van der Waals surface area contributed by atoms with Gasteiger partial charge in [0.1, 0.15) is 11.5 Å². The van der Waals surface area contributed by atoms with E-state index in [1.807, 2.05) is 36.4 Å². The van der Waals surface area contributed by atoms with E-state index in [0.29, 0.717) is 12.8 Å². The van der Waals surface area contributed by atoms with Crippen LogP contribution < -0.4 is 9.05 Å². The van der Waals surface area contributed by atoms with Crippen molar-refractivity contribution in [3.05, 3.63) is 250 Å². The van der Waals surface area contributed by atoms with Gasteiger partial charge in [0.05, 0.1) is 0 Å². The fourth-order valence-corrected chi connectivity index (χ4v) is 9.46. The van der Waals surface area contributed by atoms with Gasteiger partial charge < -0.3 is 9.05 Å². The van der Waals surface area contributed by atoms with Gasteiger partial charge >= 0.3 is 7.91 Å². The molecular formula is C54H44FO3P. The van der Waals surface area contributed by atoms with Crippen LogP contribution in [0.15, 0.2) is 194 Å². The summed E-state index contributed by atoms with van der Waals surface area (Å²) in [6, 6.07) is 66.4. The zero-order valence-electron chi connectivity index (χ0n) is 32.9. The molecule has 3 nitrogen and oxygen atoms in total. The third kappa shape index (κ3) is 8.56. The molecule has 290 valence electrons. The molecule has 0 N–H and O–H groups in total. The summed E-state index contributed by atoms with van der Waals surface area (Å²) in [4.78, 5) is 0. The lowest BCUT2D eigenvalue weighted by atomic mass is 9.80. The summed E-state index contributed by atoms with van der Waals surface area (Å²) in [5.41, 5.74) is 14.9. The van der Waals surface area contributed by atoms with Gasteiger partial charge in [0.25, 0.3) is 0 Å². The summed E-state index contributed by atoms with van der Waals surface area (Å²) in [6.07, 6.45) is 2.98. The van der Waals surface area contributed by atoms with Crippen molar-refractivity contribution >= 4 is 7.91 Å². The molecule has 0 unspecified atom stereocenters. The van der Waals surface area contributed by atoms with Crippen molar-refractivity contribution in [2.45, 2.75) is 38.5 Å². The Morgan fingerprint density at radius 1 is 0.407 bits per heavy atom. The highest BCUT2D eigenvalue weighted by molar-refractivity contribution is 7.48. The number of fused-ring (bicyclic) bond motifs is 2. The first-order valence-electron chi connectivity index (χ1n) is 20.2. The highest BCUT2D eigenvalue weighted by Gasteiger charge is 2.37. The third-order valence-corrected chi connectivity index (χ3v) is 12.1. The molecule has 59 heavy (non-hydrogen) atoms. The molecule has 1 aliphatic rings. The summed E-state index contributed by atoms with van der Waals surface area (Å²) >= 11 is 0. The van der Waals surface area contributed by atoms with Crippen molar-refractivity contribution in [2.75, 3.05) is 0 Å². The van der Waals surface area contributed by atoms with Crippen molar-refractivity contribution in [3.63, 3.8) is 0 Å². The number of benzene rings is 8. The maximum absolute atomic E-state index is 16.2. The molecule has 0 atom stereocenters. The molecule has 0 saturated carbocycles. The van der Waals surface area contributed by atoms with Crippen molar-refractivity contribution in [2.24, 2.45) is 0 Å². The molecule has 1 aliphatic heterocycles. The molecule has 0 bridgehead atoms. The first kappa shape index (κ1) is 38.1. The van der Waals surface area contributed by atoms with Crippen LogP contribution >= 0.6 is 7.91 Å². The Morgan fingerprint density at radius 3 is 1.14 bits per heavy atom. The van der Waals surface area contributed by atoms with E-state index in [1.54, 1.807) is 12.1 Å². The fourth-order valence-electron chi connectivity index (χ4n) is 8.63. The quantitative estimate of drug-likeness (QED) is 0.129. The molecule has 8 aromatic rings. The first-order chi connectivity index (χ1) is 28.9. The highest BCUT2D eigenvalue weighted by Crippen LogP contribution is 2.58. The van der Waals surface area contributed by atoms with E-state index in [-0.39, 0.29) is 17.4 Å². The second kappa shape index (κ2) is 16.8. The lowest BCUT2D eigenvalue weighted by Crippen LogP contribution is -2.12. The van der Waals surface area contributed by atoms with Gasteiger partial charge in [-0.1, -0.05) is 189 Å². The summed E-state index contributed by atoms with van der Waals surface area (Å²) in [6.45, 7) is 2.12. The van der Waals surface area contributed by atoms with Crippen LogP contribution in [0.2, 0.25) is 0 Å². The van der Waals surface area contributed by atoms with E-state index in [0.717, 1.165) is 57.3 Å². The average molecular weight is 791 g/mol. The first-order valence-corrected chi connectivity index (χ1v) is 21.6. The van der Waals surface area contributed by atoms with Gasteiger partial charge in [-0.25, -0.2) is 4.57 Å². The van der Waals surface area contributed by atoms with Crippen molar-refractivity contribution in [1.29, 1.82) is 0 Å². The maximum Gasteiger partial charge on any atom is 0.628 e. The summed E-state index contributed by atoms with van der Waals surface area (Å²) in [5.74, 6) is 0.0703. The Hall–Kier alpha value is -6.48. The summed E-state index contributed by atoms with van der Waals surface area (Å²) in [7, 11) is -5.10. The average Bonchev–Trinajstić information content (AvgIpc) is 3.24. The van der Waals surface area contributed by atoms with Gasteiger partial charge in [0.2, 0.25) is 0 Å². The van der Waals surface area contributed by atoms with Crippen molar-refractivity contribution in [1.82, 2.24) is 0 Å². The van der Waals surface area contributed by atoms with Crippen LogP contribution in [0.1, 0.15) is 68.5 Å². The van der Waals surface area contributed by atoms with E-state index in [1.165, 1.54) is 33.4 Å². The number of hydrogen-bond acceptors (Lipinski definition) is 3. The molecular weight excluding hydrogens is 747 g/mol. The Kier molecular flexibility index (Phi) is 10.8. The minimum atomic E-state index is -5.10. The Bertz CT molecular complexity index is 2580. The highest BCUT2D eigenvalue weighted by atomic mass is 31.2. The smallest absolute Gasteiger partial charge is 0.392 e. The van der Waals surface area contributed by atoms with Gasteiger partial charge in [0, 0.05) is 17.0 Å². The molecule has 0 spiro atoms. The standard InChI is InChI=1S/C54H44FO3P/c1-38-53-49(47-30-28-43(32-39-16-6-2-7-17-39)36-45(47)34-41-20-10-4-11-21-41)24-14-26-51(53)57-59(55,56)58-52-27-15-25-50(54(38)52)48-31-29-44(33-40-18-8-3-9-19-40)37-46(48)35-42-22-12-5-13-23-42/h2-31,36-38H,32-35H2,1H3. The molecule has 1 heterocycles. The molecule has 0 radical (unpaired) electrons. The van der Waals surface area contributed by atoms with Crippen molar-refractivity contribution < 1.29 is 17.8 Å². The topological polar surface area (TPSA) is 35.5 Å². The molecule has 9 rings (SSSR count). The van der Waals surface area contributed by atoms with Crippen molar-refractivity contribution in [3.8, 4) is 33.8 Å². The van der Waals surface area contributed by atoms with E-state index in [2.05, 4.69) is 153 Å². The molecule has 0 aromatic heterocycles. The van der Waals surface area contributed by atoms with E-state index in [4.69, 9.17) is 9.05 Å². The lowest BCUT2D eigenvalue weighted by Gasteiger charge is -2.29. The van der Waals surface area contributed by atoms with Crippen LogP contribution in [0.3, 0.4) is 0 Å². The molecule has 0 fully saturated rings. The van der Waals surface area contributed by atoms with E-state index in [9.17, 15) is 4.57 Å². The van der Waals surface area contributed by atoms with Gasteiger partial charge in [0.15, 0.2) is 0 Å². The minimum absolute atomic E-state index is 0.211. The van der Waals surface area contributed by atoms with Crippen LogP contribution in [-0.2, 0) is 30.2 Å². The number of rotatable bonds is 10. The second-order valence-electron chi connectivity index (χ2n) is 15.4. The monoisotopic (exact) mass is 790 g/mol. The van der Waals surface area contributed by atoms with Crippen LogP contribution in [-0.4, -0.2) is 0 Å². The van der Waals surface area contributed by atoms with Crippen LogP contribution in [0.4, 0.5) is 4.20 Å². The Balaban J connectivity index is 1.20. The zero-order valence-corrected chi connectivity index (χ0v) is 33.8. The Morgan fingerprint density at radius 2 is 0.763 bits per heavy atom. The van der Waals surface area contributed by atoms with Gasteiger partial charge in [-0.15, -0.1) is 4.20 Å². The summed E-state index contributed by atoms with van der Waals surface area (Å²) < 4.78 is 41.4. The SMILES string of the molecule is CC1c2c(cccc2-c2ccc(Cc3ccccc3)cc2Cc2ccccc2)OP(=O)(F)Oc2cccc(-c3ccc(Cc4ccccc4)cc3Cc3ccccc3)c21. The largest absolute Gasteiger partial charge is 0.628 e.